The predicted octanol–water partition coefficient (Wildman–Crippen LogP) is 0.679. The zero-order chi connectivity index (χ0) is 8.97. The highest BCUT2D eigenvalue weighted by atomic mass is 16.4. The molecule has 1 heterocycles. The number of carbonyl (C=O) groups is 1. The van der Waals surface area contributed by atoms with Gasteiger partial charge in [0.25, 0.3) is 0 Å². The molecule has 1 saturated heterocycles. The van der Waals surface area contributed by atoms with Crippen molar-refractivity contribution in [2.75, 3.05) is 13.1 Å². The number of carboxylic acid groups (broad SMARTS) is 1. The van der Waals surface area contributed by atoms with Gasteiger partial charge in [-0.05, 0) is 12.8 Å². The van der Waals surface area contributed by atoms with Gasteiger partial charge in [0.15, 0.2) is 0 Å². The van der Waals surface area contributed by atoms with Crippen LogP contribution in [0.2, 0.25) is 0 Å². The number of likely N-dealkylation sites (tertiary alicyclic amines) is 1. The zero-order valence-electron chi connectivity index (χ0n) is 6.60. The Morgan fingerprint density at radius 1 is 1.58 bits per heavy atom. The lowest BCUT2D eigenvalue weighted by Gasteiger charge is -2.24. The molecule has 0 bridgehead atoms. The minimum Gasteiger partial charge on any atom is -0.465 e. The third kappa shape index (κ3) is 2.03. The molecule has 12 heavy (non-hydrogen) atoms. The van der Waals surface area contributed by atoms with Crippen LogP contribution < -0.4 is 4.91 Å². The first-order valence-electron chi connectivity index (χ1n) is 3.78. The molecule has 0 saturated carbocycles. The van der Waals surface area contributed by atoms with Crippen LogP contribution in [0.1, 0.15) is 12.8 Å². The number of rotatable bonds is 1. The Labute approximate surface area is 69.4 Å². The highest BCUT2D eigenvalue weighted by Crippen LogP contribution is 2.12. The standard InChI is InChI=1S/C6H10N4O2/c7-9-8-5-1-3-10(4-2-5)6(11)12/h5,7H,1-4H2/p+1. The SMILES string of the molecule is N=[N+]=NC1CCN(C(=O)O)CC1. The summed E-state index contributed by atoms with van der Waals surface area (Å²) < 4.78 is 0. The van der Waals surface area contributed by atoms with Crippen molar-refractivity contribution in [1.82, 2.24) is 9.81 Å². The van der Waals surface area contributed by atoms with Gasteiger partial charge in [-0.25, -0.2) is 4.79 Å². The maximum absolute atomic E-state index is 10.5. The number of hydrogen-bond donors (Lipinski definition) is 2. The van der Waals surface area contributed by atoms with Crippen LogP contribution in [0.25, 0.3) is 0 Å². The number of piperidine rings is 1. The largest absolute Gasteiger partial charge is 0.465 e. The van der Waals surface area contributed by atoms with E-state index < -0.39 is 6.09 Å². The molecule has 1 aliphatic rings. The van der Waals surface area contributed by atoms with E-state index in [-0.39, 0.29) is 6.04 Å². The molecule has 0 aliphatic carbocycles. The predicted molar refractivity (Wildman–Crippen MR) is 39.9 cm³/mol. The van der Waals surface area contributed by atoms with Crippen molar-refractivity contribution >= 4 is 6.09 Å². The van der Waals surface area contributed by atoms with Crippen LogP contribution in [0.4, 0.5) is 4.79 Å². The monoisotopic (exact) mass is 171 g/mol. The molecule has 1 aliphatic heterocycles. The van der Waals surface area contributed by atoms with Crippen LogP contribution in [0.5, 0.6) is 0 Å². The van der Waals surface area contributed by atoms with E-state index in [0.717, 1.165) is 0 Å². The second-order valence-corrected chi connectivity index (χ2v) is 2.72. The van der Waals surface area contributed by atoms with Gasteiger partial charge in [0.1, 0.15) is 16.7 Å². The summed E-state index contributed by atoms with van der Waals surface area (Å²) in [5, 5.41) is 12.2. The molecule has 6 heteroatoms. The van der Waals surface area contributed by atoms with Crippen molar-refractivity contribution < 1.29 is 9.90 Å². The molecule has 66 valence electrons. The summed E-state index contributed by atoms with van der Waals surface area (Å²) in [4.78, 5) is 14.7. The maximum atomic E-state index is 10.5. The first kappa shape index (κ1) is 8.67. The van der Waals surface area contributed by atoms with Gasteiger partial charge >= 0.3 is 6.09 Å². The molecule has 2 N–H and O–H groups in total. The minimum atomic E-state index is -0.878. The van der Waals surface area contributed by atoms with Crippen molar-refractivity contribution in [2.45, 2.75) is 18.9 Å². The Hall–Kier alpha value is -1.42. The van der Waals surface area contributed by atoms with Gasteiger partial charge < -0.3 is 10.0 Å². The smallest absolute Gasteiger partial charge is 0.407 e. The molecule has 0 atom stereocenters. The van der Waals surface area contributed by atoms with Gasteiger partial charge in [0.2, 0.25) is 4.91 Å². The maximum Gasteiger partial charge on any atom is 0.407 e. The lowest BCUT2D eigenvalue weighted by atomic mass is 10.1. The average molecular weight is 171 g/mol. The van der Waals surface area contributed by atoms with Gasteiger partial charge in [-0.2, -0.15) is 0 Å². The Morgan fingerprint density at radius 2 is 2.17 bits per heavy atom. The Bertz CT molecular complexity index is 206. The fourth-order valence-electron chi connectivity index (χ4n) is 1.25. The molecule has 0 radical (unpaired) electrons. The highest BCUT2D eigenvalue weighted by Gasteiger charge is 2.24. The normalized spacial score (nSPS) is 18.5. The Kier molecular flexibility index (Phi) is 2.76. The van der Waals surface area contributed by atoms with Crippen LogP contribution in [0.3, 0.4) is 0 Å². The first-order chi connectivity index (χ1) is 5.74. The summed E-state index contributed by atoms with van der Waals surface area (Å²) in [6.45, 7) is 0.998. The van der Waals surface area contributed by atoms with Crippen LogP contribution in [0.15, 0.2) is 5.11 Å². The van der Waals surface area contributed by atoms with Gasteiger partial charge in [-0.1, -0.05) is 0 Å². The molecule has 6 nitrogen and oxygen atoms in total. The average Bonchev–Trinajstić information content (AvgIpc) is 2.06. The molecule has 0 aromatic heterocycles. The van der Waals surface area contributed by atoms with Crippen LogP contribution in [0, 0.1) is 5.53 Å². The van der Waals surface area contributed by atoms with E-state index in [4.69, 9.17) is 10.6 Å². The van der Waals surface area contributed by atoms with Crippen LogP contribution in [-0.4, -0.2) is 35.2 Å². The Morgan fingerprint density at radius 3 is 2.58 bits per heavy atom. The van der Waals surface area contributed by atoms with E-state index in [1.165, 1.54) is 4.90 Å². The van der Waals surface area contributed by atoms with Crippen molar-refractivity contribution in [3.8, 4) is 0 Å². The Balaban J connectivity index is 2.39. The van der Waals surface area contributed by atoms with E-state index in [1.54, 1.807) is 0 Å². The second-order valence-electron chi connectivity index (χ2n) is 2.72. The molecule has 1 fully saturated rings. The molecular weight excluding hydrogens is 160 g/mol. The first-order valence-corrected chi connectivity index (χ1v) is 3.78. The second kappa shape index (κ2) is 3.82. The zero-order valence-corrected chi connectivity index (χ0v) is 6.60. The topological polar surface area (TPSA) is 90.9 Å². The third-order valence-electron chi connectivity index (χ3n) is 1.96. The lowest BCUT2D eigenvalue weighted by molar-refractivity contribution is 0.132. The molecule has 0 aromatic carbocycles. The number of amides is 1. The summed E-state index contributed by atoms with van der Waals surface area (Å²) >= 11 is 0. The van der Waals surface area contributed by atoms with Crippen LogP contribution >= 0.6 is 0 Å². The van der Waals surface area contributed by atoms with E-state index in [0.29, 0.717) is 25.9 Å². The number of hydrogen-bond acceptors (Lipinski definition) is 3. The quantitative estimate of drug-likeness (QED) is 0.448. The highest BCUT2D eigenvalue weighted by molar-refractivity contribution is 5.65. The molecule has 0 unspecified atom stereocenters. The van der Waals surface area contributed by atoms with Crippen molar-refractivity contribution in [3.63, 3.8) is 0 Å². The van der Waals surface area contributed by atoms with E-state index in [1.807, 2.05) is 0 Å². The van der Waals surface area contributed by atoms with Gasteiger partial charge in [-0.15, -0.1) is 0 Å². The summed E-state index contributed by atoms with van der Waals surface area (Å²) in [5.41, 5.74) is 6.50. The lowest BCUT2D eigenvalue weighted by Crippen LogP contribution is -2.38. The fraction of sp³-hybridized carbons (Fsp3) is 0.833. The summed E-state index contributed by atoms with van der Waals surface area (Å²) in [7, 11) is 0. The van der Waals surface area contributed by atoms with Crippen molar-refractivity contribution in [1.29, 1.82) is 5.53 Å². The summed E-state index contributed by atoms with van der Waals surface area (Å²) in [6.07, 6.45) is 0.472. The van der Waals surface area contributed by atoms with Crippen molar-refractivity contribution in [2.24, 2.45) is 5.11 Å². The molecule has 0 spiro atoms. The summed E-state index contributed by atoms with van der Waals surface area (Å²) in [5.74, 6) is 0. The molecular formula is C6H11N4O2+. The van der Waals surface area contributed by atoms with Crippen molar-refractivity contribution in [3.05, 3.63) is 0 Å². The number of nitrogens with zero attached hydrogens (tertiary/aromatic N) is 3. The molecule has 1 rings (SSSR count). The van der Waals surface area contributed by atoms with Gasteiger partial charge in [0.05, 0.1) is 0 Å². The minimum absolute atomic E-state index is 0.0399. The van der Waals surface area contributed by atoms with E-state index in [2.05, 4.69) is 10.0 Å². The molecule has 0 aromatic rings. The van der Waals surface area contributed by atoms with Gasteiger partial charge in [0, 0.05) is 13.1 Å². The number of nitrogens with one attached hydrogen (secondary N) is 1. The van der Waals surface area contributed by atoms with Crippen LogP contribution in [-0.2, 0) is 0 Å². The summed E-state index contributed by atoms with van der Waals surface area (Å²) in [6, 6.07) is 0.0399. The third-order valence-corrected chi connectivity index (χ3v) is 1.96. The fourth-order valence-corrected chi connectivity index (χ4v) is 1.25. The van der Waals surface area contributed by atoms with E-state index in [9.17, 15) is 4.79 Å². The van der Waals surface area contributed by atoms with Gasteiger partial charge in [-0.3, -0.25) is 0 Å². The van der Waals surface area contributed by atoms with E-state index >= 15 is 0 Å². The molecule has 1 amide bonds.